The van der Waals surface area contributed by atoms with Gasteiger partial charge in [0.25, 0.3) is 6.43 Å². The molecule has 14 heavy (non-hydrogen) atoms. The predicted octanol–water partition coefficient (Wildman–Crippen LogP) is 0.552. The molecule has 0 aliphatic rings. The summed E-state index contributed by atoms with van der Waals surface area (Å²) in [5.74, 6) is 0. The smallest absolute Gasteiger partial charge is 0.280 e. The van der Waals surface area contributed by atoms with Crippen LogP contribution in [0.2, 0.25) is 0 Å². The maximum absolute atomic E-state index is 12.4. The van der Waals surface area contributed by atoms with E-state index in [2.05, 4.69) is 4.98 Å². The number of rotatable bonds is 3. The van der Waals surface area contributed by atoms with E-state index >= 15 is 0 Å². The minimum atomic E-state index is -2.74. The Morgan fingerprint density at radius 3 is 2.57 bits per heavy atom. The van der Waals surface area contributed by atoms with Gasteiger partial charge in [-0.15, -0.1) is 0 Å². The van der Waals surface area contributed by atoms with Gasteiger partial charge in [0, 0.05) is 29.6 Å². The third-order valence-electron chi connectivity index (χ3n) is 1.92. The lowest BCUT2D eigenvalue weighted by Crippen LogP contribution is -2.09. The molecule has 5 N–H and O–H groups in total. The molecule has 0 fully saturated rings. The number of aliphatic hydroxyl groups is 1. The number of pyridine rings is 1. The van der Waals surface area contributed by atoms with E-state index in [0.29, 0.717) is 5.56 Å². The highest BCUT2D eigenvalue weighted by Crippen LogP contribution is 2.26. The summed E-state index contributed by atoms with van der Waals surface area (Å²) in [7, 11) is 0. The third kappa shape index (κ3) is 1.80. The summed E-state index contributed by atoms with van der Waals surface area (Å²) in [6.45, 7) is -0.457. The van der Waals surface area contributed by atoms with E-state index in [9.17, 15) is 8.78 Å². The first-order valence-corrected chi connectivity index (χ1v) is 3.97. The minimum Gasteiger partial charge on any atom is -0.398 e. The van der Waals surface area contributed by atoms with Gasteiger partial charge in [0.1, 0.15) is 5.69 Å². The maximum atomic E-state index is 12.4. The second-order valence-electron chi connectivity index (χ2n) is 2.72. The first kappa shape index (κ1) is 10.8. The van der Waals surface area contributed by atoms with Crippen molar-refractivity contribution in [3.05, 3.63) is 23.0 Å². The quantitative estimate of drug-likeness (QED) is 0.669. The van der Waals surface area contributed by atoms with Gasteiger partial charge in [0.05, 0.1) is 6.61 Å². The topological polar surface area (TPSA) is 85.2 Å². The van der Waals surface area contributed by atoms with E-state index < -0.39 is 18.7 Å². The summed E-state index contributed by atoms with van der Waals surface area (Å²) in [6.07, 6.45) is -1.54. The second-order valence-corrected chi connectivity index (χ2v) is 2.72. The van der Waals surface area contributed by atoms with Crippen LogP contribution in [0, 0.1) is 0 Å². The molecule has 0 bridgehead atoms. The number of halogens is 2. The molecule has 0 aromatic carbocycles. The molecule has 1 aromatic rings. The van der Waals surface area contributed by atoms with E-state index in [1.54, 1.807) is 0 Å². The Balaban J connectivity index is 3.28. The van der Waals surface area contributed by atoms with Gasteiger partial charge in [-0.1, -0.05) is 0 Å². The normalized spacial score (nSPS) is 10.9. The van der Waals surface area contributed by atoms with Crippen molar-refractivity contribution in [1.82, 2.24) is 4.98 Å². The highest BCUT2D eigenvalue weighted by molar-refractivity contribution is 5.54. The zero-order chi connectivity index (χ0) is 10.7. The van der Waals surface area contributed by atoms with Crippen molar-refractivity contribution in [1.29, 1.82) is 0 Å². The van der Waals surface area contributed by atoms with Gasteiger partial charge >= 0.3 is 0 Å². The first-order chi connectivity index (χ1) is 6.61. The molecule has 1 rings (SSSR count). The number of anilines is 1. The monoisotopic (exact) mass is 203 g/mol. The van der Waals surface area contributed by atoms with Gasteiger partial charge < -0.3 is 16.6 Å². The van der Waals surface area contributed by atoms with Crippen molar-refractivity contribution in [2.45, 2.75) is 19.6 Å². The lowest BCUT2D eigenvalue weighted by molar-refractivity contribution is 0.141. The van der Waals surface area contributed by atoms with Crippen LogP contribution in [-0.4, -0.2) is 10.1 Å². The van der Waals surface area contributed by atoms with Gasteiger partial charge in [-0.25, -0.2) is 8.78 Å². The van der Waals surface area contributed by atoms with Crippen LogP contribution in [0.4, 0.5) is 14.5 Å². The predicted molar refractivity (Wildman–Crippen MR) is 47.4 cm³/mol. The maximum Gasteiger partial charge on any atom is 0.280 e. The van der Waals surface area contributed by atoms with Crippen LogP contribution in [0.15, 0.2) is 6.20 Å². The summed E-state index contributed by atoms with van der Waals surface area (Å²) in [4.78, 5) is 3.51. The van der Waals surface area contributed by atoms with E-state index in [4.69, 9.17) is 16.6 Å². The Morgan fingerprint density at radius 2 is 2.14 bits per heavy atom. The number of aromatic nitrogens is 1. The largest absolute Gasteiger partial charge is 0.398 e. The van der Waals surface area contributed by atoms with Gasteiger partial charge in [0.2, 0.25) is 0 Å². The molecular weight excluding hydrogens is 192 g/mol. The highest BCUT2D eigenvalue weighted by Gasteiger charge is 2.18. The molecule has 6 heteroatoms. The standard InChI is InChI=1S/C8H11F2N3O/c9-8(10)7-5(3-14)6(12)4(1-11)2-13-7/h2,8,14H,1,3,11H2,(H2,12,13). The average Bonchev–Trinajstić information content (AvgIpc) is 2.17. The lowest BCUT2D eigenvalue weighted by atomic mass is 10.1. The summed E-state index contributed by atoms with van der Waals surface area (Å²) >= 11 is 0. The van der Waals surface area contributed by atoms with E-state index in [1.165, 1.54) is 6.20 Å². The Bertz CT molecular complexity index is 331. The fourth-order valence-corrected chi connectivity index (χ4v) is 1.14. The lowest BCUT2D eigenvalue weighted by Gasteiger charge is -2.11. The Morgan fingerprint density at radius 1 is 1.50 bits per heavy atom. The fraction of sp³-hybridized carbons (Fsp3) is 0.375. The SMILES string of the molecule is NCc1cnc(C(F)F)c(CO)c1N. The van der Waals surface area contributed by atoms with Crippen LogP contribution < -0.4 is 11.5 Å². The van der Waals surface area contributed by atoms with Crippen molar-refractivity contribution in [3.8, 4) is 0 Å². The third-order valence-corrected chi connectivity index (χ3v) is 1.92. The highest BCUT2D eigenvalue weighted by atomic mass is 19.3. The van der Waals surface area contributed by atoms with Crippen LogP contribution in [0.1, 0.15) is 23.2 Å². The Labute approximate surface area is 79.6 Å². The molecule has 0 atom stereocenters. The molecule has 4 nitrogen and oxygen atoms in total. The van der Waals surface area contributed by atoms with Gasteiger partial charge in [0.15, 0.2) is 0 Å². The fourth-order valence-electron chi connectivity index (χ4n) is 1.14. The number of nitrogens with two attached hydrogens (primary N) is 2. The zero-order valence-electron chi connectivity index (χ0n) is 7.37. The molecule has 1 aromatic heterocycles. The summed E-state index contributed by atoms with van der Waals surface area (Å²) in [5, 5.41) is 8.87. The van der Waals surface area contributed by atoms with Gasteiger partial charge in [-0.3, -0.25) is 4.98 Å². The van der Waals surface area contributed by atoms with Crippen LogP contribution in [0.25, 0.3) is 0 Å². The van der Waals surface area contributed by atoms with Crippen LogP contribution in [0.3, 0.4) is 0 Å². The molecule has 0 aliphatic heterocycles. The number of aliphatic hydroxyl groups excluding tert-OH is 1. The van der Waals surface area contributed by atoms with Crippen LogP contribution >= 0.6 is 0 Å². The summed E-state index contributed by atoms with van der Waals surface area (Å²) < 4.78 is 24.7. The zero-order valence-corrected chi connectivity index (χ0v) is 7.37. The number of hydrogen-bond acceptors (Lipinski definition) is 4. The van der Waals surface area contributed by atoms with Crippen molar-refractivity contribution < 1.29 is 13.9 Å². The summed E-state index contributed by atoms with van der Waals surface area (Å²) in [6, 6.07) is 0. The summed E-state index contributed by atoms with van der Waals surface area (Å²) in [5.41, 5.74) is 10.9. The van der Waals surface area contributed by atoms with E-state index in [0.717, 1.165) is 0 Å². The molecule has 0 saturated carbocycles. The van der Waals surface area contributed by atoms with Crippen LogP contribution in [0.5, 0.6) is 0 Å². The molecular formula is C8H11F2N3O. The van der Waals surface area contributed by atoms with E-state index in [-0.39, 0.29) is 17.8 Å². The van der Waals surface area contributed by atoms with Crippen molar-refractivity contribution in [2.75, 3.05) is 5.73 Å². The molecule has 0 unspecified atom stereocenters. The van der Waals surface area contributed by atoms with Crippen molar-refractivity contribution in [2.24, 2.45) is 5.73 Å². The average molecular weight is 203 g/mol. The molecule has 78 valence electrons. The number of nitrogens with zero attached hydrogens (tertiary/aromatic N) is 1. The second kappa shape index (κ2) is 4.30. The molecule has 1 heterocycles. The molecule has 0 amide bonds. The van der Waals surface area contributed by atoms with Gasteiger partial charge in [-0.05, 0) is 0 Å². The number of hydrogen-bond donors (Lipinski definition) is 3. The molecule has 0 aliphatic carbocycles. The number of alkyl halides is 2. The Kier molecular flexibility index (Phi) is 3.32. The first-order valence-electron chi connectivity index (χ1n) is 3.97. The van der Waals surface area contributed by atoms with Crippen LogP contribution in [-0.2, 0) is 13.2 Å². The molecule has 0 radical (unpaired) electrons. The molecule has 0 saturated heterocycles. The van der Waals surface area contributed by atoms with E-state index in [1.807, 2.05) is 0 Å². The number of nitrogen functional groups attached to an aromatic ring is 1. The Hall–Kier alpha value is -1.27. The minimum absolute atomic E-state index is 0.0389. The van der Waals surface area contributed by atoms with Gasteiger partial charge in [-0.2, -0.15) is 0 Å². The van der Waals surface area contributed by atoms with Crippen molar-refractivity contribution >= 4 is 5.69 Å². The van der Waals surface area contributed by atoms with Crippen molar-refractivity contribution in [3.63, 3.8) is 0 Å². The molecule has 0 spiro atoms.